The van der Waals surface area contributed by atoms with Crippen molar-refractivity contribution in [1.82, 2.24) is 4.81 Å². The van der Waals surface area contributed by atoms with E-state index < -0.39 is 7.05 Å². The second kappa shape index (κ2) is 9.11. The van der Waals surface area contributed by atoms with E-state index in [4.69, 9.17) is 9.92 Å². The Hall–Kier alpha value is -0.965. The van der Waals surface area contributed by atoms with Gasteiger partial charge in [0.1, 0.15) is 0 Å². The largest absolute Gasteiger partial charge is 0.504 e. The molecule has 0 amide bonds. The van der Waals surface area contributed by atoms with Crippen molar-refractivity contribution in [3.8, 4) is 17.8 Å². The molecular weight excluding hydrogens is 211 g/mol. The number of rotatable bonds is 6. The minimum Gasteiger partial charge on any atom is -0.409 e. The summed E-state index contributed by atoms with van der Waals surface area (Å²) in [5.74, 6) is 8.21. The number of hydrogen-bond acceptors (Lipinski definition) is 3. The van der Waals surface area contributed by atoms with Crippen LogP contribution in [0.2, 0.25) is 0 Å². The van der Waals surface area contributed by atoms with Crippen molar-refractivity contribution in [3.63, 3.8) is 0 Å². The quantitative estimate of drug-likeness (QED) is 0.402. The Morgan fingerprint density at radius 1 is 1.18 bits per heavy atom. The van der Waals surface area contributed by atoms with Gasteiger partial charge in [-0.25, -0.2) is 5.26 Å². The SMILES string of the molecule is CCC#CCCOB(C#N)N(C(C)C)C(C)C. The molecule has 0 aromatic carbocycles. The highest BCUT2D eigenvalue weighted by Gasteiger charge is 2.30. The van der Waals surface area contributed by atoms with Gasteiger partial charge in [-0.05, 0) is 12.1 Å². The van der Waals surface area contributed by atoms with Gasteiger partial charge in [0.05, 0.1) is 5.97 Å². The van der Waals surface area contributed by atoms with Crippen LogP contribution in [0.15, 0.2) is 0 Å². The maximum absolute atomic E-state index is 9.14. The Morgan fingerprint density at radius 3 is 2.18 bits per heavy atom. The highest BCUT2D eigenvalue weighted by molar-refractivity contribution is 6.57. The van der Waals surface area contributed by atoms with Crippen LogP contribution in [0.1, 0.15) is 47.5 Å². The molecule has 0 fully saturated rings. The molecule has 0 aromatic rings. The lowest BCUT2D eigenvalue weighted by Gasteiger charge is -2.31. The van der Waals surface area contributed by atoms with Crippen molar-refractivity contribution in [1.29, 1.82) is 5.26 Å². The van der Waals surface area contributed by atoms with Gasteiger partial charge in [0.25, 0.3) is 0 Å². The molecule has 0 heterocycles. The predicted octanol–water partition coefficient (Wildman–Crippen LogP) is 2.48. The molecule has 3 nitrogen and oxygen atoms in total. The second-order valence-electron chi connectivity index (χ2n) is 4.44. The Bertz CT molecular complexity index is 291. The first-order valence-electron chi connectivity index (χ1n) is 6.28. The van der Waals surface area contributed by atoms with E-state index in [0.717, 1.165) is 6.42 Å². The highest BCUT2D eigenvalue weighted by atomic mass is 16.4. The maximum atomic E-state index is 9.14. The van der Waals surface area contributed by atoms with Gasteiger partial charge in [-0.2, -0.15) is 0 Å². The van der Waals surface area contributed by atoms with Crippen LogP contribution in [0.25, 0.3) is 0 Å². The van der Waals surface area contributed by atoms with Crippen molar-refractivity contribution in [3.05, 3.63) is 0 Å². The Balaban J connectivity index is 4.26. The van der Waals surface area contributed by atoms with Crippen LogP contribution < -0.4 is 0 Å². The molecule has 0 N–H and O–H groups in total. The van der Waals surface area contributed by atoms with Crippen LogP contribution in [-0.2, 0) is 4.65 Å². The molecule has 0 unspecified atom stereocenters. The van der Waals surface area contributed by atoms with Crippen LogP contribution in [0.4, 0.5) is 0 Å². The summed E-state index contributed by atoms with van der Waals surface area (Å²) in [6.45, 7) is 10.8. The molecule has 0 saturated heterocycles. The van der Waals surface area contributed by atoms with Gasteiger partial charge < -0.3 is 4.65 Å². The van der Waals surface area contributed by atoms with E-state index in [0.29, 0.717) is 25.1 Å². The molecular formula is C13H23BN2O. The third-order valence-corrected chi connectivity index (χ3v) is 2.38. The Labute approximate surface area is 106 Å². The zero-order valence-electron chi connectivity index (χ0n) is 11.7. The Kier molecular flexibility index (Phi) is 8.59. The van der Waals surface area contributed by atoms with Gasteiger partial charge in [0, 0.05) is 19.4 Å². The smallest absolute Gasteiger partial charge is 0.409 e. The second-order valence-corrected chi connectivity index (χ2v) is 4.44. The van der Waals surface area contributed by atoms with Crippen LogP contribution in [0.5, 0.6) is 0 Å². The normalized spacial score (nSPS) is 10.3. The van der Waals surface area contributed by atoms with E-state index >= 15 is 0 Å². The summed E-state index contributed by atoms with van der Waals surface area (Å²) in [7, 11) is -0.474. The number of nitriles is 1. The van der Waals surface area contributed by atoms with Crippen molar-refractivity contribution in [2.45, 2.75) is 59.5 Å². The van der Waals surface area contributed by atoms with Crippen molar-refractivity contribution < 1.29 is 4.65 Å². The van der Waals surface area contributed by atoms with E-state index in [1.54, 1.807) is 0 Å². The first-order valence-corrected chi connectivity index (χ1v) is 6.28. The summed E-state index contributed by atoms with van der Waals surface area (Å²) in [6, 6.07) is 0.586. The summed E-state index contributed by atoms with van der Waals surface area (Å²) >= 11 is 0. The lowest BCUT2D eigenvalue weighted by Crippen LogP contribution is -2.49. The van der Waals surface area contributed by atoms with Crippen LogP contribution in [0.3, 0.4) is 0 Å². The molecule has 0 aliphatic heterocycles. The van der Waals surface area contributed by atoms with Crippen molar-refractivity contribution in [2.24, 2.45) is 0 Å². The first-order chi connectivity index (χ1) is 8.04. The summed E-state index contributed by atoms with van der Waals surface area (Å²) in [6.07, 6.45) is 1.56. The fourth-order valence-electron chi connectivity index (χ4n) is 1.76. The molecule has 0 aromatic heterocycles. The average Bonchev–Trinajstić information content (AvgIpc) is 2.25. The lowest BCUT2D eigenvalue weighted by molar-refractivity contribution is 0.223. The fourth-order valence-corrected chi connectivity index (χ4v) is 1.76. The van der Waals surface area contributed by atoms with Crippen LogP contribution in [-0.4, -0.2) is 30.6 Å². The number of nitrogens with zero attached hydrogens (tertiary/aromatic N) is 2. The fraction of sp³-hybridized carbons (Fsp3) is 0.769. The Morgan fingerprint density at radius 2 is 1.76 bits per heavy atom. The molecule has 0 rings (SSSR count). The summed E-state index contributed by atoms with van der Waals surface area (Å²) < 4.78 is 5.58. The van der Waals surface area contributed by atoms with Gasteiger partial charge in [-0.15, -0.1) is 11.8 Å². The van der Waals surface area contributed by atoms with E-state index in [9.17, 15) is 0 Å². The molecule has 0 aliphatic rings. The molecule has 0 aliphatic carbocycles. The van der Waals surface area contributed by atoms with Gasteiger partial charge >= 0.3 is 7.05 Å². The highest BCUT2D eigenvalue weighted by Crippen LogP contribution is 2.08. The maximum Gasteiger partial charge on any atom is 0.504 e. The lowest BCUT2D eigenvalue weighted by atomic mass is 9.79. The topological polar surface area (TPSA) is 36.3 Å². The minimum atomic E-state index is -0.474. The zero-order valence-corrected chi connectivity index (χ0v) is 11.7. The molecule has 17 heavy (non-hydrogen) atoms. The third kappa shape index (κ3) is 6.36. The molecule has 0 saturated carbocycles. The predicted molar refractivity (Wildman–Crippen MR) is 72.1 cm³/mol. The van der Waals surface area contributed by atoms with E-state index in [-0.39, 0.29) is 0 Å². The van der Waals surface area contributed by atoms with E-state index in [1.165, 1.54) is 0 Å². The first kappa shape index (κ1) is 16.0. The van der Waals surface area contributed by atoms with Crippen LogP contribution >= 0.6 is 0 Å². The molecule has 4 heteroatoms. The standard InChI is InChI=1S/C13H23BN2O/c1-6-7-8-9-10-17-14(11-15)16(12(2)3)13(4)5/h12-13H,6,9-10H2,1-5H3. The molecule has 0 atom stereocenters. The third-order valence-electron chi connectivity index (χ3n) is 2.38. The van der Waals surface area contributed by atoms with Gasteiger partial charge in [0.2, 0.25) is 0 Å². The van der Waals surface area contributed by atoms with Gasteiger partial charge in [0.15, 0.2) is 0 Å². The monoisotopic (exact) mass is 234 g/mol. The van der Waals surface area contributed by atoms with Crippen LogP contribution in [0, 0.1) is 23.1 Å². The van der Waals surface area contributed by atoms with Crippen molar-refractivity contribution in [2.75, 3.05) is 6.61 Å². The number of hydrogen-bond donors (Lipinski definition) is 0. The van der Waals surface area contributed by atoms with E-state index in [1.807, 2.05) is 6.92 Å². The summed E-state index contributed by atoms with van der Waals surface area (Å²) in [5.41, 5.74) is 0. The average molecular weight is 234 g/mol. The van der Waals surface area contributed by atoms with Gasteiger partial charge in [-0.1, -0.05) is 34.6 Å². The molecule has 0 radical (unpaired) electrons. The summed E-state index contributed by atoms with van der Waals surface area (Å²) in [4.78, 5) is 2.06. The van der Waals surface area contributed by atoms with E-state index in [2.05, 4.69) is 50.3 Å². The molecule has 0 bridgehead atoms. The van der Waals surface area contributed by atoms with Gasteiger partial charge in [-0.3, -0.25) is 4.81 Å². The summed E-state index contributed by atoms with van der Waals surface area (Å²) in [5, 5.41) is 9.14. The zero-order chi connectivity index (χ0) is 13.3. The molecule has 0 spiro atoms. The molecule has 94 valence electrons. The van der Waals surface area contributed by atoms with Crippen molar-refractivity contribution >= 4 is 7.05 Å². The minimum absolute atomic E-state index is 0.293.